The van der Waals surface area contributed by atoms with E-state index in [9.17, 15) is 0 Å². The summed E-state index contributed by atoms with van der Waals surface area (Å²) in [6.45, 7) is 6.39. The molecule has 0 nitrogen and oxygen atoms in total. The molecule has 1 aliphatic rings. The van der Waals surface area contributed by atoms with Crippen LogP contribution in [-0.2, 0) is 0 Å². The predicted molar refractivity (Wildman–Crippen MR) is 54.9 cm³/mol. The molecule has 1 fully saturated rings. The largest absolute Gasteiger partial charge is 0.0651 e. The summed E-state index contributed by atoms with van der Waals surface area (Å²) in [6, 6.07) is 0. The molecule has 0 heteroatoms. The summed E-state index contributed by atoms with van der Waals surface area (Å²) in [5.41, 5.74) is 0. The SMILES string of the molecule is [CH2]C(CC)CCC1CCCCC1. The lowest BCUT2D eigenvalue weighted by Crippen LogP contribution is -2.07. The van der Waals surface area contributed by atoms with Crippen molar-refractivity contribution in [3.8, 4) is 0 Å². The maximum Gasteiger partial charge on any atom is -0.0414 e. The highest BCUT2D eigenvalue weighted by Gasteiger charge is 2.13. The zero-order valence-corrected chi connectivity index (χ0v) is 8.52. The average molecular weight is 167 g/mol. The van der Waals surface area contributed by atoms with Crippen molar-refractivity contribution in [3.63, 3.8) is 0 Å². The first-order chi connectivity index (χ1) is 5.83. The molecule has 1 rings (SSSR count). The Balaban J connectivity index is 2.05. The fourth-order valence-corrected chi connectivity index (χ4v) is 2.15. The molecule has 0 spiro atoms. The third-order valence-electron chi connectivity index (χ3n) is 3.29. The van der Waals surface area contributed by atoms with Crippen LogP contribution >= 0.6 is 0 Å². The zero-order valence-electron chi connectivity index (χ0n) is 8.52. The van der Waals surface area contributed by atoms with Crippen LogP contribution in [0.2, 0.25) is 0 Å². The molecule has 1 atom stereocenters. The Morgan fingerprint density at radius 1 is 1.25 bits per heavy atom. The molecule has 0 aliphatic heterocycles. The van der Waals surface area contributed by atoms with Gasteiger partial charge in [0.25, 0.3) is 0 Å². The van der Waals surface area contributed by atoms with Crippen LogP contribution in [0, 0.1) is 18.8 Å². The van der Waals surface area contributed by atoms with Crippen LogP contribution in [0.3, 0.4) is 0 Å². The lowest BCUT2D eigenvalue weighted by molar-refractivity contribution is 0.317. The average Bonchev–Trinajstić information content (AvgIpc) is 2.16. The van der Waals surface area contributed by atoms with Gasteiger partial charge in [0.2, 0.25) is 0 Å². The molecular formula is C12H23. The smallest absolute Gasteiger partial charge is 0.0414 e. The van der Waals surface area contributed by atoms with E-state index in [0.717, 1.165) is 5.92 Å². The summed E-state index contributed by atoms with van der Waals surface area (Å²) < 4.78 is 0. The number of hydrogen-bond donors (Lipinski definition) is 0. The van der Waals surface area contributed by atoms with Gasteiger partial charge in [0, 0.05) is 0 Å². The van der Waals surface area contributed by atoms with Crippen molar-refractivity contribution in [2.24, 2.45) is 11.8 Å². The summed E-state index contributed by atoms with van der Waals surface area (Å²) in [7, 11) is 0. The van der Waals surface area contributed by atoms with Crippen molar-refractivity contribution in [3.05, 3.63) is 6.92 Å². The second kappa shape index (κ2) is 5.61. The molecule has 12 heavy (non-hydrogen) atoms. The van der Waals surface area contributed by atoms with E-state index in [1.807, 2.05) is 0 Å². The van der Waals surface area contributed by atoms with Gasteiger partial charge in [-0.15, -0.1) is 0 Å². The molecule has 1 unspecified atom stereocenters. The predicted octanol–water partition coefficient (Wildman–Crippen LogP) is 4.21. The Kier molecular flexibility index (Phi) is 4.72. The van der Waals surface area contributed by atoms with Crippen molar-refractivity contribution in [1.29, 1.82) is 0 Å². The van der Waals surface area contributed by atoms with Gasteiger partial charge in [-0.05, 0) is 11.8 Å². The monoisotopic (exact) mass is 167 g/mol. The maximum atomic E-state index is 4.14. The number of rotatable bonds is 4. The van der Waals surface area contributed by atoms with Crippen LogP contribution in [-0.4, -0.2) is 0 Å². The summed E-state index contributed by atoms with van der Waals surface area (Å²) >= 11 is 0. The Labute approximate surface area is 77.7 Å². The van der Waals surface area contributed by atoms with Crippen LogP contribution in [0.15, 0.2) is 0 Å². The molecule has 0 aromatic carbocycles. The first kappa shape index (κ1) is 10.1. The third-order valence-corrected chi connectivity index (χ3v) is 3.29. The van der Waals surface area contributed by atoms with E-state index < -0.39 is 0 Å². The molecule has 0 aromatic rings. The minimum atomic E-state index is 0.715. The number of hydrogen-bond acceptors (Lipinski definition) is 0. The Morgan fingerprint density at radius 3 is 2.50 bits per heavy atom. The molecule has 0 N–H and O–H groups in total. The topological polar surface area (TPSA) is 0 Å². The van der Waals surface area contributed by atoms with Crippen LogP contribution in [0.25, 0.3) is 0 Å². The van der Waals surface area contributed by atoms with Crippen LogP contribution in [0.1, 0.15) is 58.3 Å². The van der Waals surface area contributed by atoms with Gasteiger partial charge in [-0.25, -0.2) is 0 Å². The molecule has 1 radical (unpaired) electrons. The van der Waals surface area contributed by atoms with E-state index in [2.05, 4.69) is 13.8 Å². The van der Waals surface area contributed by atoms with Gasteiger partial charge in [0.15, 0.2) is 0 Å². The van der Waals surface area contributed by atoms with E-state index in [4.69, 9.17) is 0 Å². The molecule has 0 amide bonds. The third kappa shape index (κ3) is 3.60. The highest BCUT2D eigenvalue weighted by molar-refractivity contribution is 4.68. The Bertz CT molecular complexity index is 101. The summed E-state index contributed by atoms with van der Waals surface area (Å²) in [5.74, 6) is 1.77. The van der Waals surface area contributed by atoms with Gasteiger partial charge in [-0.2, -0.15) is 0 Å². The maximum absolute atomic E-state index is 4.14. The fourth-order valence-electron chi connectivity index (χ4n) is 2.15. The van der Waals surface area contributed by atoms with Gasteiger partial charge in [-0.3, -0.25) is 0 Å². The Morgan fingerprint density at radius 2 is 1.92 bits per heavy atom. The van der Waals surface area contributed by atoms with Gasteiger partial charge < -0.3 is 0 Å². The molecule has 0 aromatic heterocycles. The summed E-state index contributed by atoms with van der Waals surface area (Å²) in [6.07, 6.45) is 11.5. The van der Waals surface area contributed by atoms with Crippen LogP contribution in [0.4, 0.5) is 0 Å². The lowest BCUT2D eigenvalue weighted by Gasteiger charge is -2.22. The summed E-state index contributed by atoms with van der Waals surface area (Å²) in [5, 5.41) is 0. The van der Waals surface area contributed by atoms with E-state index in [-0.39, 0.29) is 0 Å². The lowest BCUT2D eigenvalue weighted by atomic mass is 9.84. The minimum absolute atomic E-state index is 0.715. The summed E-state index contributed by atoms with van der Waals surface area (Å²) in [4.78, 5) is 0. The van der Waals surface area contributed by atoms with Crippen molar-refractivity contribution >= 4 is 0 Å². The normalized spacial score (nSPS) is 22.5. The van der Waals surface area contributed by atoms with Crippen molar-refractivity contribution in [1.82, 2.24) is 0 Å². The molecular weight excluding hydrogens is 144 g/mol. The quantitative estimate of drug-likeness (QED) is 0.588. The zero-order chi connectivity index (χ0) is 8.81. The molecule has 0 heterocycles. The highest BCUT2D eigenvalue weighted by Crippen LogP contribution is 2.28. The van der Waals surface area contributed by atoms with Gasteiger partial charge >= 0.3 is 0 Å². The standard InChI is InChI=1S/C12H23/c1-3-11(2)9-10-12-7-5-4-6-8-12/h11-12H,2-10H2,1H3. The fraction of sp³-hybridized carbons (Fsp3) is 0.917. The highest BCUT2D eigenvalue weighted by atomic mass is 14.2. The molecule has 1 saturated carbocycles. The molecule has 0 saturated heterocycles. The Hall–Kier alpha value is 0. The van der Waals surface area contributed by atoms with Crippen LogP contribution in [0.5, 0.6) is 0 Å². The molecule has 1 aliphatic carbocycles. The van der Waals surface area contributed by atoms with E-state index in [0.29, 0.717) is 5.92 Å². The van der Waals surface area contributed by atoms with Crippen molar-refractivity contribution in [2.45, 2.75) is 58.3 Å². The second-order valence-electron chi connectivity index (χ2n) is 4.36. The van der Waals surface area contributed by atoms with Crippen molar-refractivity contribution < 1.29 is 0 Å². The second-order valence-corrected chi connectivity index (χ2v) is 4.36. The van der Waals surface area contributed by atoms with Gasteiger partial charge in [0.1, 0.15) is 0 Å². The van der Waals surface area contributed by atoms with Gasteiger partial charge in [0.05, 0.1) is 0 Å². The van der Waals surface area contributed by atoms with E-state index in [1.54, 1.807) is 0 Å². The van der Waals surface area contributed by atoms with E-state index >= 15 is 0 Å². The van der Waals surface area contributed by atoms with Crippen LogP contribution < -0.4 is 0 Å². The molecule has 71 valence electrons. The van der Waals surface area contributed by atoms with E-state index in [1.165, 1.54) is 51.4 Å². The molecule has 0 bridgehead atoms. The minimum Gasteiger partial charge on any atom is -0.0651 e. The van der Waals surface area contributed by atoms with Crippen molar-refractivity contribution in [2.75, 3.05) is 0 Å². The first-order valence-corrected chi connectivity index (χ1v) is 5.66. The van der Waals surface area contributed by atoms with Gasteiger partial charge in [-0.1, -0.05) is 65.2 Å². The first-order valence-electron chi connectivity index (χ1n) is 5.66.